The fraction of sp³-hybridized carbons (Fsp3) is 0.435. The van der Waals surface area contributed by atoms with Crippen LogP contribution in [0.2, 0.25) is 0 Å². The Kier molecular flexibility index (Phi) is 7.52. The minimum absolute atomic E-state index is 0.210. The predicted molar refractivity (Wildman–Crippen MR) is 107 cm³/mol. The molecule has 0 bridgehead atoms. The van der Waals surface area contributed by atoms with E-state index in [1.165, 1.54) is 12.1 Å². The zero-order valence-electron chi connectivity index (χ0n) is 16.4. The molecule has 0 aliphatic rings. The molecule has 4 atom stereocenters. The van der Waals surface area contributed by atoms with E-state index in [1.54, 1.807) is 19.4 Å². The molecule has 140 valence electrons. The predicted octanol–water partition coefficient (Wildman–Crippen LogP) is 6.23. The van der Waals surface area contributed by atoms with E-state index in [0.717, 1.165) is 23.2 Å². The molecule has 4 unspecified atom stereocenters. The lowest BCUT2D eigenvalue weighted by atomic mass is 9.79. The van der Waals surface area contributed by atoms with Crippen LogP contribution in [0.5, 0.6) is 0 Å². The number of allylic oxidation sites excluding steroid dienone is 1. The van der Waals surface area contributed by atoms with E-state index in [-0.39, 0.29) is 11.9 Å². The Balaban J connectivity index is 2.17. The van der Waals surface area contributed by atoms with Gasteiger partial charge in [0.15, 0.2) is 0 Å². The van der Waals surface area contributed by atoms with Crippen molar-refractivity contribution in [3.05, 3.63) is 60.2 Å². The monoisotopic (exact) mass is 355 g/mol. The van der Waals surface area contributed by atoms with Gasteiger partial charge in [0, 0.05) is 18.9 Å². The smallest absolute Gasteiger partial charge is 0.123 e. The van der Waals surface area contributed by atoms with Crippen LogP contribution in [0.25, 0.3) is 17.2 Å². The molecule has 0 fully saturated rings. The first kappa shape index (κ1) is 20.3. The summed E-state index contributed by atoms with van der Waals surface area (Å²) in [7, 11) is 1.77. The second kappa shape index (κ2) is 9.63. The number of halogens is 1. The summed E-state index contributed by atoms with van der Waals surface area (Å²) in [4.78, 5) is 4.53. The Morgan fingerprint density at radius 1 is 1.12 bits per heavy atom. The average Bonchev–Trinajstić information content (AvgIpc) is 2.67. The number of methoxy groups -OCH3 is 1. The lowest BCUT2D eigenvalue weighted by molar-refractivity contribution is 0.0469. The van der Waals surface area contributed by atoms with Gasteiger partial charge in [-0.15, -0.1) is 0 Å². The first-order valence-electron chi connectivity index (χ1n) is 9.39. The normalized spacial score (nSPS) is 16.4. The van der Waals surface area contributed by atoms with Crippen molar-refractivity contribution < 1.29 is 9.13 Å². The van der Waals surface area contributed by atoms with Crippen LogP contribution in [0.4, 0.5) is 4.39 Å². The third kappa shape index (κ3) is 5.25. The second-order valence-electron chi connectivity index (χ2n) is 7.10. The van der Waals surface area contributed by atoms with Crippen LogP contribution < -0.4 is 0 Å². The Hall–Kier alpha value is -2.00. The van der Waals surface area contributed by atoms with E-state index in [0.29, 0.717) is 17.8 Å². The van der Waals surface area contributed by atoms with E-state index >= 15 is 0 Å². The fourth-order valence-electron chi connectivity index (χ4n) is 3.24. The second-order valence-corrected chi connectivity index (χ2v) is 7.10. The quantitative estimate of drug-likeness (QED) is 0.559. The fourth-order valence-corrected chi connectivity index (χ4v) is 3.24. The molecule has 1 aromatic heterocycles. The summed E-state index contributed by atoms with van der Waals surface area (Å²) in [6.07, 6.45) is 7.49. The molecule has 0 N–H and O–H groups in total. The largest absolute Gasteiger partial charge is 0.381 e. The number of hydrogen-bond donors (Lipinski definition) is 0. The van der Waals surface area contributed by atoms with Crippen molar-refractivity contribution in [2.45, 2.75) is 40.2 Å². The lowest BCUT2D eigenvalue weighted by Gasteiger charge is -2.30. The number of aromatic nitrogens is 1. The average molecular weight is 355 g/mol. The molecule has 0 spiro atoms. The van der Waals surface area contributed by atoms with Crippen molar-refractivity contribution >= 4 is 6.08 Å². The van der Waals surface area contributed by atoms with Gasteiger partial charge in [0.25, 0.3) is 0 Å². The highest BCUT2D eigenvalue weighted by Crippen LogP contribution is 2.29. The molecule has 2 aromatic rings. The van der Waals surface area contributed by atoms with Crippen molar-refractivity contribution in [1.29, 1.82) is 0 Å². The molecule has 0 radical (unpaired) electrons. The summed E-state index contributed by atoms with van der Waals surface area (Å²) in [6, 6.07) is 10.6. The summed E-state index contributed by atoms with van der Waals surface area (Å²) in [6.45, 7) is 8.88. The molecule has 26 heavy (non-hydrogen) atoms. The summed E-state index contributed by atoms with van der Waals surface area (Å²) >= 11 is 0. The van der Waals surface area contributed by atoms with Crippen molar-refractivity contribution in [2.75, 3.05) is 7.11 Å². The van der Waals surface area contributed by atoms with Crippen LogP contribution in [0.1, 0.15) is 39.8 Å². The SMILES string of the molecule is CCC(C)C(/C=C/c1ccc(-c2cccc(F)c2)cn1)C(C)C(C)OC. The third-order valence-electron chi connectivity index (χ3n) is 5.45. The molecular formula is C23H30FNO. The number of pyridine rings is 1. The van der Waals surface area contributed by atoms with E-state index < -0.39 is 0 Å². The minimum atomic E-state index is -0.232. The topological polar surface area (TPSA) is 22.1 Å². The Bertz CT molecular complexity index is 710. The Morgan fingerprint density at radius 2 is 1.88 bits per heavy atom. The number of hydrogen-bond acceptors (Lipinski definition) is 2. The zero-order valence-corrected chi connectivity index (χ0v) is 16.4. The van der Waals surface area contributed by atoms with Crippen molar-refractivity contribution in [3.63, 3.8) is 0 Å². The Morgan fingerprint density at radius 3 is 2.46 bits per heavy atom. The van der Waals surface area contributed by atoms with Gasteiger partial charge in [0.2, 0.25) is 0 Å². The number of rotatable bonds is 8. The van der Waals surface area contributed by atoms with Crippen LogP contribution in [0.15, 0.2) is 48.7 Å². The number of ether oxygens (including phenoxy) is 1. The lowest BCUT2D eigenvalue weighted by Crippen LogP contribution is -2.27. The summed E-state index contributed by atoms with van der Waals surface area (Å²) in [5.41, 5.74) is 2.67. The minimum Gasteiger partial charge on any atom is -0.381 e. The van der Waals surface area contributed by atoms with E-state index in [4.69, 9.17) is 4.74 Å². The first-order chi connectivity index (χ1) is 12.5. The molecular weight excluding hydrogens is 325 g/mol. The molecule has 0 saturated carbocycles. The van der Waals surface area contributed by atoms with Gasteiger partial charge in [-0.05, 0) is 54.5 Å². The van der Waals surface area contributed by atoms with E-state index in [1.807, 2.05) is 18.2 Å². The molecule has 0 saturated heterocycles. The maximum atomic E-state index is 13.4. The van der Waals surface area contributed by atoms with Crippen LogP contribution in [0, 0.1) is 23.6 Å². The van der Waals surface area contributed by atoms with Crippen LogP contribution in [0.3, 0.4) is 0 Å². The summed E-state index contributed by atoms with van der Waals surface area (Å²) in [5, 5.41) is 0. The molecule has 3 heteroatoms. The summed E-state index contributed by atoms with van der Waals surface area (Å²) in [5.74, 6) is 1.20. The van der Waals surface area contributed by atoms with Gasteiger partial charge in [-0.25, -0.2) is 4.39 Å². The van der Waals surface area contributed by atoms with Crippen LogP contribution in [-0.4, -0.2) is 18.2 Å². The van der Waals surface area contributed by atoms with Gasteiger partial charge in [-0.1, -0.05) is 51.5 Å². The first-order valence-corrected chi connectivity index (χ1v) is 9.39. The van der Waals surface area contributed by atoms with Crippen LogP contribution in [-0.2, 0) is 4.74 Å². The molecule has 1 heterocycles. The van der Waals surface area contributed by atoms with Crippen molar-refractivity contribution in [3.8, 4) is 11.1 Å². The van der Waals surface area contributed by atoms with Gasteiger partial charge in [-0.2, -0.15) is 0 Å². The van der Waals surface area contributed by atoms with Gasteiger partial charge in [0.1, 0.15) is 5.82 Å². The van der Waals surface area contributed by atoms with Gasteiger partial charge in [-0.3, -0.25) is 4.98 Å². The van der Waals surface area contributed by atoms with Gasteiger partial charge >= 0.3 is 0 Å². The molecule has 2 rings (SSSR count). The molecule has 1 aromatic carbocycles. The standard InChI is InChI=1S/C23H30FNO/c1-6-16(2)23(17(3)18(4)26-5)13-12-22-11-10-20(15-25-22)19-8-7-9-21(24)14-19/h7-18,23H,6H2,1-5H3/b13-12+. The summed E-state index contributed by atoms with van der Waals surface area (Å²) < 4.78 is 18.9. The number of benzene rings is 1. The molecule has 0 aliphatic carbocycles. The molecule has 0 amide bonds. The number of nitrogens with zero attached hydrogens (tertiary/aromatic N) is 1. The highest BCUT2D eigenvalue weighted by molar-refractivity contribution is 5.63. The maximum absolute atomic E-state index is 13.4. The highest BCUT2D eigenvalue weighted by Gasteiger charge is 2.24. The zero-order chi connectivity index (χ0) is 19.1. The Labute approximate surface area is 157 Å². The van der Waals surface area contributed by atoms with Crippen LogP contribution >= 0.6 is 0 Å². The highest BCUT2D eigenvalue weighted by atomic mass is 19.1. The third-order valence-corrected chi connectivity index (χ3v) is 5.45. The van der Waals surface area contributed by atoms with Crippen molar-refractivity contribution in [2.24, 2.45) is 17.8 Å². The molecule has 0 aliphatic heterocycles. The van der Waals surface area contributed by atoms with Gasteiger partial charge in [0.05, 0.1) is 11.8 Å². The molecule has 2 nitrogen and oxygen atoms in total. The van der Waals surface area contributed by atoms with Crippen molar-refractivity contribution in [1.82, 2.24) is 4.98 Å². The van der Waals surface area contributed by atoms with E-state index in [2.05, 4.69) is 44.8 Å². The maximum Gasteiger partial charge on any atom is 0.123 e. The van der Waals surface area contributed by atoms with E-state index in [9.17, 15) is 4.39 Å². The van der Waals surface area contributed by atoms with Gasteiger partial charge < -0.3 is 4.74 Å².